The van der Waals surface area contributed by atoms with E-state index in [-0.39, 0.29) is 5.56 Å². The molecule has 0 atom stereocenters. The summed E-state index contributed by atoms with van der Waals surface area (Å²) >= 11 is 1.92. The molecule has 0 N–H and O–H groups in total. The van der Waals surface area contributed by atoms with Gasteiger partial charge in [-0.3, -0.25) is 0 Å². The summed E-state index contributed by atoms with van der Waals surface area (Å²) in [5.41, 5.74) is 3.05. The molecular weight excluding hydrogens is 438 g/mol. The molecule has 2 aromatic carbocycles. The third-order valence-corrected chi connectivity index (χ3v) is 4.92. The van der Waals surface area contributed by atoms with Crippen molar-refractivity contribution >= 4 is 11.0 Å². The Hall–Kier alpha value is -1.58. The van der Waals surface area contributed by atoms with Crippen LogP contribution >= 0.6 is 0 Å². The number of halogens is 2. The molecule has 0 radical (unpaired) electrons. The summed E-state index contributed by atoms with van der Waals surface area (Å²) in [4.78, 5) is 0. The second-order valence-corrected chi connectivity index (χ2v) is 5.86. The van der Waals surface area contributed by atoms with Gasteiger partial charge in [0, 0.05) is 0 Å². The van der Waals surface area contributed by atoms with Crippen LogP contribution < -0.4 is 3.24 Å². The minimum absolute atomic E-state index is 0.0842. The first-order valence-corrected chi connectivity index (χ1v) is 7.42. The number of hydrogen-bond donors (Lipinski definition) is 0. The monoisotopic (exact) mass is 449 g/mol. The van der Waals surface area contributed by atoms with Crippen LogP contribution in [0.1, 0.15) is 6.92 Å². The van der Waals surface area contributed by atoms with E-state index in [0.29, 0.717) is 17.7 Å². The molecule has 0 saturated carbocycles. The Labute approximate surface area is 125 Å². The Balaban J connectivity index is 2.37. The van der Waals surface area contributed by atoms with Crippen molar-refractivity contribution in [2.45, 2.75) is 13.5 Å². The van der Waals surface area contributed by atoms with Crippen LogP contribution in [-0.2, 0) is 25.7 Å². The van der Waals surface area contributed by atoms with Crippen molar-refractivity contribution < 1.29 is 31.2 Å². The van der Waals surface area contributed by atoms with Crippen molar-refractivity contribution in [2.75, 3.05) is 0 Å². The van der Waals surface area contributed by atoms with Gasteiger partial charge in [-0.15, -0.1) is 0 Å². The molecule has 20 heavy (non-hydrogen) atoms. The van der Waals surface area contributed by atoms with Gasteiger partial charge in [-0.05, 0) is 0 Å². The molecule has 0 saturated heterocycles. The zero-order valence-electron chi connectivity index (χ0n) is 10.6. The normalized spacial score (nSPS) is 12.2. The molecule has 0 fully saturated rings. The number of nitrogens with zero attached hydrogens (tertiary/aromatic N) is 2. The third kappa shape index (κ3) is 1.27. The minimum atomic E-state index is -0.508. The van der Waals surface area contributed by atoms with Crippen LogP contribution in [-0.4, -0.2) is 4.57 Å². The van der Waals surface area contributed by atoms with Crippen LogP contribution in [0, 0.1) is 11.6 Å². The summed E-state index contributed by atoms with van der Waals surface area (Å²) in [6, 6.07) is 8.49. The fraction of sp³-hybridized carbons (Fsp3) is 0.133. The standard InChI is InChI=1S/C15H10F2N2.Ir/c1-2-19-14-8-4-3-5-11(14)18-15(19)9-6-7-10(16)12(8)13(9)17;/h3-7H,2H2,1H3;/q;+1. The first-order chi connectivity index (χ1) is 9.65. The summed E-state index contributed by atoms with van der Waals surface area (Å²) in [7, 11) is 0. The predicted molar refractivity (Wildman–Crippen MR) is 67.6 cm³/mol. The molecule has 4 rings (SSSR count). The van der Waals surface area contributed by atoms with Crippen LogP contribution in [0.25, 0.3) is 33.5 Å². The molecule has 1 aliphatic heterocycles. The number of aryl methyl sites for hydroxylation is 1. The number of imidazole rings is 1. The number of rotatable bonds is 1. The van der Waals surface area contributed by atoms with Gasteiger partial charge in [0.15, 0.2) is 0 Å². The molecule has 4 bridgehead atoms. The molecule has 102 valence electrons. The Morgan fingerprint density at radius 1 is 1.15 bits per heavy atom. The Kier molecular flexibility index (Phi) is 2.41. The molecule has 0 unspecified atom stereocenters. The van der Waals surface area contributed by atoms with E-state index in [2.05, 4.69) is 4.57 Å². The molecule has 2 nitrogen and oxygen atoms in total. The van der Waals surface area contributed by atoms with Gasteiger partial charge in [0.1, 0.15) is 0 Å². The zero-order valence-corrected chi connectivity index (χ0v) is 13.0. The molecule has 1 aromatic heterocycles. The van der Waals surface area contributed by atoms with Crippen molar-refractivity contribution in [2.24, 2.45) is 0 Å². The average molecular weight is 448 g/mol. The van der Waals surface area contributed by atoms with E-state index >= 15 is 0 Å². The fourth-order valence-electron chi connectivity index (χ4n) is 3.01. The first-order valence-electron chi connectivity index (χ1n) is 6.35. The summed E-state index contributed by atoms with van der Waals surface area (Å²) in [5.74, 6) is -0.196. The van der Waals surface area contributed by atoms with Crippen LogP contribution in [0.2, 0.25) is 0 Å². The van der Waals surface area contributed by atoms with Gasteiger partial charge < -0.3 is 0 Å². The van der Waals surface area contributed by atoms with Crippen molar-refractivity contribution in [1.29, 1.82) is 0 Å². The van der Waals surface area contributed by atoms with E-state index in [1.807, 2.05) is 41.4 Å². The molecule has 0 aliphatic carbocycles. The SMILES string of the molecule is CCn1c2[n+]([Ir])c3cccc(c31)-c1c(F)ccc-2c1F. The average Bonchev–Trinajstić information content (AvgIpc) is 2.69. The fourth-order valence-corrected chi connectivity index (χ4v) is 4.02. The third-order valence-electron chi connectivity index (χ3n) is 3.84. The van der Waals surface area contributed by atoms with Crippen LogP contribution in [0.5, 0.6) is 0 Å². The molecule has 5 heteroatoms. The molecular formula is C15H10F2IrN2+. The second kappa shape index (κ2) is 3.96. The van der Waals surface area contributed by atoms with Crippen LogP contribution in [0.15, 0.2) is 30.3 Å². The van der Waals surface area contributed by atoms with E-state index < -0.39 is 11.6 Å². The number of fused-ring (bicyclic) bond motifs is 5. The molecule has 0 spiro atoms. The van der Waals surface area contributed by atoms with Gasteiger partial charge in [0.25, 0.3) is 0 Å². The topological polar surface area (TPSA) is 8.81 Å². The van der Waals surface area contributed by atoms with E-state index in [4.69, 9.17) is 0 Å². The van der Waals surface area contributed by atoms with Gasteiger partial charge in [-0.1, -0.05) is 0 Å². The van der Waals surface area contributed by atoms with Crippen molar-refractivity contribution in [3.63, 3.8) is 0 Å². The maximum atomic E-state index is 14.7. The number of para-hydroxylation sites is 1. The Morgan fingerprint density at radius 2 is 1.95 bits per heavy atom. The number of benzene rings is 2. The number of hydrogen-bond acceptors (Lipinski definition) is 0. The van der Waals surface area contributed by atoms with Gasteiger partial charge in [-0.2, -0.15) is 0 Å². The first kappa shape index (κ1) is 12.2. The predicted octanol–water partition coefficient (Wildman–Crippen LogP) is 3.18. The van der Waals surface area contributed by atoms with E-state index in [9.17, 15) is 8.78 Å². The quantitative estimate of drug-likeness (QED) is 0.423. The van der Waals surface area contributed by atoms with Crippen molar-refractivity contribution in [3.8, 4) is 22.5 Å². The van der Waals surface area contributed by atoms with E-state index in [0.717, 1.165) is 16.9 Å². The molecule has 1 aliphatic rings. The summed E-state index contributed by atoms with van der Waals surface area (Å²) in [6.45, 7) is 2.73. The molecule has 2 heterocycles. The summed E-state index contributed by atoms with van der Waals surface area (Å²) in [5, 5.41) is 0. The van der Waals surface area contributed by atoms with E-state index in [1.165, 1.54) is 12.1 Å². The van der Waals surface area contributed by atoms with Gasteiger partial charge >= 0.3 is 125 Å². The summed E-state index contributed by atoms with van der Waals surface area (Å²) in [6.07, 6.45) is 0. The Morgan fingerprint density at radius 3 is 2.70 bits per heavy atom. The maximum absolute atomic E-state index is 14.7. The van der Waals surface area contributed by atoms with Gasteiger partial charge in [-0.25, -0.2) is 0 Å². The molecule has 3 aromatic rings. The van der Waals surface area contributed by atoms with Crippen LogP contribution in [0.4, 0.5) is 8.78 Å². The molecule has 0 amide bonds. The summed E-state index contributed by atoms with van der Waals surface area (Å²) < 4.78 is 32.8. The Bertz CT molecular complexity index is 883. The van der Waals surface area contributed by atoms with Crippen molar-refractivity contribution in [1.82, 2.24) is 4.57 Å². The number of aromatic nitrogens is 2. The second-order valence-electron chi connectivity index (χ2n) is 4.79. The van der Waals surface area contributed by atoms with Crippen LogP contribution in [0.3, 0.4) is 0 Å². The zero-order chi connectivity index (χ0) is 14.0. The van der Waals surface area contributed by atoms with E-state index in [1.54, 1.807) is 6.07 Å². The van der Waals surface area contributed by atoms with Gasteiger partial charge in [0.2, 0.25) is 0 Å². The van der Waals surface area contributed by atoms with Crippen molar-refractivity contribution in [3.05, 3.63) is 42.0 Å². The van der Waals surface area contributed by atoms with Gasteiger partial charge in [0.05, 0.1) is 0 Å².